The van der Waals surface area contributed by atoms with E-state index in [0.29, 0.717) is 4.90 Å². The summed E-state index contributed by atoms with van der Waals surface area (Å²) in [5, 5.41) is 0. The minimum atomic E-state index is -3.85. The van der Waals surface area contributed by atoms with Gasteiger partial charge in [-0.05, 0) is 54.4 Å². The van der Waals surface area contributed by atoms with Gasteiger partial charge >= 0.3 is 18.2 Å². The van der Waals surface area contributed by atoms with E-state index in [0.717, 1.165) is 13.4 Å². The van der Waals surface area contributed by atoms with Gasteiger partial charge in [0.15, 0.2) is 0 Å². The molecule has 0 aromatic heterocycles. The lowest BCUT2D eigenvalue weighted by Gasteiger charge is -2.32. The van der Waals surface area contributed by atoms with Gasteiger partial charge in [0.1, 0.15) is 23.4 Å². The first-order chi connectivity index (χ1) is 13.4. The second-order valence-electron chi connectivity index (χ2n) is 8.53. The molecule has 0 aliphatic carbocycles. The zero-order valence-corrected chi connectivity index (χ0v) is 19.5. The molecule has 0 bridgehead atoms. The van der Waals surface area contributed by atoms with Crippen molar-refractivity contribution in [3.8, 4) is 0 Å². The maximum Gasteiger partial charge on any atom is 0.420 e. The van der Waals surface area contributed by atoms with Crippen LogP contribution in [0.1, 0.15) is 54.4 Å². The number of nitrogens with zero attached hydrogens (tertiary/aromatic N) is 1. The summed E-state index contributed by atoms with van der Waals surface area (Å²) in [6.45, 7) is 8.59. The molecule has 0 rings (SSSR count). The van der Waals surface area contributed by atoms with E-state index >= 15 is 0 Å². The van der Waals surface area contributed by atoms with E-state index in [9.17, 15) is 27.2 Å². The van der Waals surface area contributed by atoms with E-state index in [1.54, 1.807) is 41.5 Å². The van der Waals surface area contributed by atoms with Crippen LogP contribution in [0.5, 0.6) is 0 Å². The fraction of sp³-hybridized carbons (Fsp3) is 0.833. The average Bonchev–Trinajstić information content (AvgIpc) is 2.51. The highest BCUT2D eigenvalue weighted by Crippen LogP contribution is 2.21. The number of alkyl halides is 1. The van der Waals surface area contributed by atoms with Crippen molar-refractivity contribution in [2.24, 2.45) is 0 Å². The van der Waals surface area contributed by atoms with Crippen molar-refractivity contribution in [1.29, 1.82) is 0 Å². The number of esters is 1. The SMILES string of the molecule is COC(=O)[C@H](CCC(F)COS(C)(=O)=O)N(C(=O)OC(C)(C)C)C(=O)OC(C)(C)C. The summed E-state index contributed by atoms with van der Waals surface area (Å²) in [7, 11) is -2.81. The molecule has 0 saturated carbocycles. The Morgan fingerprint density at radius 3 is 1.70 bits per heavy atom. The van der Waals surface area contributed by atoms with E-state index in [4.69, 9.17) is 9.47 Å². The van der Waals surface area contributed by atoms with Crippen LogP contribution < -0.4 is 0 Å². The molecular weight excluding hydrogens is 425 g/mol. The zero-order valence-electron chi connectivity index (χ0n) is 18.7. The van der Waals surface area contributed by atoms with Crippen molar-refractivity contribution < 1.29 is 45.6 Å². The molecular formula is C18H32FNO9S. The molecule has 0 heterocycles. The Labute approximate surface area is 177 Å². The molecule has 176 valence electrons. The number of carbonyl (C=O) groups is 3. The smallest absolute Gasteiger partial charge is 0.420 e. The Morgan fingerprint density at radius 2 is 1.37 bits per heavy atom. The molecule has 12 heteroatoms. The summed E-state index contributed by atoms with van der Waals surface area (Å²) in [6.07, 6.45) is -4.14. The number of hydrogen-bond acceptors (Lipinski definition) is 9. The van der Waals surface area contributed by atoms with Crippen LogP contribution in [0.2, 0.25) is 0 Å². The van der Waals surface area contributed by atoms with Crippen LogP contribution in [0.4, 0.5) is 14.0 Å². The quantitative estimate of drug-likeness (QED) is 0.307. The van der Waals surface area contributed by atoms with Crippen LogP contribution in [0.25, 0.3) is 0 Å². The lowest BCUT2D eigenvalue weighted by molar-refractivity contribution is -0.147. The van der Waals surface area contributed by atoms with Gasteiger partial charge in [-0.3, -0.25) is 4.18 Å². The third kappa shape index (κ3) is 11.9. The molecule has 10 nitrogen and oxygen atoms in total. The topological polar surface area (TPSA) is 126 Å². The molecule has 2 amide bonds. The molecule has 1 unspecified atom stereocenters. The Kier molecular flexibility index (Phi) is 10.2. The maximum atomic E-state index is 14.1. The number of halogens is 1. The van der Waals surface area contributed by atoms with Gasteiger partial charge < -0.3 is 14.2 Å². The van der Waals surface area contributed by atoms with Crippen molar-refractivity contribution in [2.45, 2.75) is 77.8 Å². The zero-order chi connectivity index (χ0) is 23.9. The van der Waals surface area contributed by atoms with E-state index < -0.39 is 64.7 Å². The van der Waals surface area contributed by atoms with Crippen LogP contribution >= 0.6 is 0 Å². The van der Waals surface area contributed by atoms with Gasteiger partial charge in [0.2, 0.25) is 0 Å². The van der Waals surface area contributed by atoms with Gasteiger partial charge in [-0.25, -0.2) is 18.8 Å². The van der Waals surface area contributed by atoms with Crippen LogP contribution in [0.3, 0.4) is 0 Å². The summed E-state index contributed by atoms with van der Waals surface area (Å²) in [5.41, 5.74) is -1.99. The molecule has 0 aliphatic heterocycles. The monoisotopic (exact) mass is 457 g/mol. The van der Waals surface area contributed by atoms with E-state index in [1.807, 2.05) is 0 Å². The number of rotatable bonds is 8. The second kappa shape index (κ2) is 10.9. The normalized spacial score (nSPS) is 14.4. The standard InChI is InChI=1S/C18H32FNO9S/c1-17(2,3)28-15(22)20(16(23)29-18(4,5)6)13(14(21)26-7)10-9-12(19)11-27-30(8,24)25/h12-13H,9-11H2,1-8H3/t12?,13-/m0/s1. The van der Waals surface area contributed by atoms with Crippen LogP contribution in [-0.4, -0.2) is 74.9 Å². The van der Waals surface area contributed by atoms with Gasteiger partial charge in [-0.2, -0.15) is 13.3 Å². The van der Waals surface area contributed by atoms with Gasteiger partial charge in [0.05, 0.1) is 20.0 Å². The second-order valence-corrected chi connectivity index (χ2v) is 10.2. The fourth-order valence-electron chi connectivity index (χ4n) is 2.06. The average molecular weight is 458 g/mol. The molecule has 0 aromatic carbocycles. The Morgan fingerprint density at radius 1 is 0.933 bits per heavy atom. The molecule has 2 atom stereocenters. The summed E-state index contributed by atoms with van der Waals surface area (Å²) in [5.74, 6) is -0.997. The molecule has 0 spiro atoms. The summed E-state index contributed by atoms with van der Waals surface area (Å²) >= 11 is 0. The molecule has 30 heavy (non-hydrogen) atoms. The number of methoxy groups -OCH3 is 1. The first-order valence-corrected chi connectivity index (χ1v) is 11.0. The number of amides is 2. The molecule has 0 saturated heterocycles. The lowest BCUT2D eigenvalue weighted by Crippen LogP contribution is -2.52. The van der Waals surface area contributed by atoms with E-state index in [1.165, 1.54) is 0 Å². The molecule has 0 radical (unpaired) electrons. The minimum absolute atomic E-state index is 0.376. The summed E-state index contributed by atoms with van der Waals surface area (Å²) in [4.78, 5) is 38.0. The van der Waals surface area contributed by atoms with Crippen LogP contribution in [0.15, 0.2) is 0 Å². The third-order valence-corrected chi connectivity index (χ3v) is 3.75. The highest BCUT2D eigenvalue weighted by molar-refractivity contribution is 7.85. The summed E-state index contributed by atoms with van der Waals surface area (Å²) < 4.78 is 55.5. The van der Waals surface area contributed by atoms with E-state index in [2.05, 4.69) is 8.92 Å². The minimum Gasteiger partial charge on any atom is -0.467 e. The van der Waals surface area contributed by atoms with Gasteiger partial charge in [-0.15, -0.1) is 0 Å². The Hall–Kier alpha value is -1.95. The number of hydrogen-bond donors (Lipinski definition) is 0. The fourth-order valence-corrected chi connectivity index (χ4v) is 2.45. The first kappa shape index (κ1) is 28.1. The van der Waals surface area contributed by atoms with Crippen LogP contribution in [-0.2, 0) is 33.3 Å². The van der Waals surface area contributed by atoms with Crippen molar-refractivity contribution in [3.05, 3.63) is 0 Å². The predicted molar refractivity (Wildman–Crippen MR) is 105 cm³/mol. The maximum absolute atomic E-state index is 14.1. The van der Waals surface area contributed by atoms with Crippen molar-refractivity contribution >= 4 is 28.3 Å². The largest absolute Gasteiger partial charge is 0.467 e. The molecule has 0 aliphatic rings. The first-order valence-electron chi connectivity index (χ1n) is 9.18. The highest BCUT2D eigenvalue weighted by atomic mass is 32.2. The molecule has 0 N–H and O–H groups in total. The van der Waals surface area contributed by atoms with E-state index in [-0.39, 0.29) is 6.42 Å². The Bertz CT molecular complexity index is 682. The number of ether oxygens (including phenoxy) is 3. The lowest BCUT2D eigenvalue weighted by atomic mass is 10.1. The summed E-state index contributed by atoms with van der Waals surface area (Å²) in [6, 6.07) is -1.56. The predicted octanol–water partition coefficient (Wildman–Crippen LogP) is 2.79. The highest BCUT2D eigenvalue weighted by Gasteiger charge is 2.41. The van der Waals surface area contributed by atoms with Gasteiger partial charge in [0.25, 0.3) is 10.1 Å². The van der Waals surface area contributed by atoms with Crippen molar-refractivity contribution in [1.82, 2.24) is 4.90 Å². The van der Waals surface area contributed by atoms with Crippen LogP contribution in [0, 0.1) is 0 Å². The van der Waals surface area contributed by atoms with Gasteiger partial charge in [-0.1, -0.05) is 0 Å². The van der Waals surface area contributed by atoms with Crippen molar-refractivity contribution in [3.63, 3.8) is 0 Å². The Balaban J connectivity index is 5.69. The van der Waals surface area contributed by atoms with Gasteiger partial charge in [0, 0.05) is 0 Å². The number of imide groups is 1. The molecule has 0 aromatic rings. The van der Waals surface area contributed by atoms with Crippen molar-refractivity contribution in [2.75, 3.05) is 20.0 Å². The molecule has 0 fully saturated rings. The third-order valence-electron chi connectivity index (χ3n) is 3.18. The number of carbonyl (C=O) groups excluding carboxylic acids is 3.